The molecule has 1 saturated heterocycles. The monoisotopic (exact) mass is 365 g/mol. The summed E-state index contributed by atoms with van der Waals surface area (Å²) in [7, 11) is 0. The summed E-state index contributed by atoms with van der Waals surface area (Å²) in [6, 6.07) is 10.8. The molecule has 1 aromatic heterocycles. The number of hydrogen-bond donors (Lipinski definition) is 0. The molecule has 0 radical (unpaired) electrons. The third-order valence-electron chi connectivity index (χ3n) is 4.88. The molecule has 2 heterocycles. The van der Waals surface area contributed by atoms with Crippen LogP contribution in [-0.2, 0) is 6.54 Å². The summed E-state index contributed by atoms with van der Waals surface area (Å²) in [5, 5.41) is 0. The molecule has 0 atom stereocenters. The van der Waals surface area contributed by atoms with E-state index in [-0.39, 0.29) is 22.2 Å². The maximum atomic E-state index is 12.5. The fourth-order valence-corrected chi connectivity index (χ4v) is 3.98. The van der Waals surface area contributed by atoms with Gasteiger partial charge in [-0.25, -0.2) is 0 Å². The highest BCUT2D eigenvalue weighted by molar-refractivity contribution is 8.00. The van der Waals surface area contributed by atoms with E-state index in [2.05, 4.69) is 14.8 Å². The lowest BCUT2D eigenvalue weighted by molar-refractivity contribution is -0.0328. The van der Waals surface area contributed by atoms with Crippen LogP contribution in [0.4, 0.5) is 18.9 Å². The van der Waals surface area contributed by atoms with Gasteiger partial charge in [0.1, 0.15) is 0 Å². The first kappa shape index (κ1) is 16.7. The number of pyridine rings is 1. The molecule has 25 heavy (non-hydrogen) atoms. The number of anilines is 1. The molecule has 2 fully saturated rings. The van der Waals surface area contributed by atoms with E-state index in [0.29, 0.717) is 0 Å². The highest BCUT2D eigenvalue weighted by atomic mass is 32.2. The van der Waals surface area contributed by atoms with Gasteiger partial charge in [0.25, 0.3) is 0 Å². The quantitative estimate of drug-likeness (QED) is 0.743. The van der Waals surface area contributed by atoms with Crippen molar-refractivity contribution in [3.8, 4) is 0 Å². The summed E-state index contributed by atoms with van der Waals surface area (Å²) in [6.07, 6.45) is 5.97. The number of thioether (sulfide) groups is 1. The van der Waals surface area contributed by atoms with Crippen molar-refractivity contribution < 1.29 is 13.2 Å². The van der Waals surface area contributed by atoms with Crippen molar-refractivity contribution in [3.63, 3.8) is 0 Å². The van der Waals surface area contributed by atoms with Gasteiger partial charge in [0.2, 0.25) is 0 Å². The lowest BCUT2D eigenvalue weighted by Crippen LogP contribution is -2.32. The van der Waals surface area contributed by atoms with Gasteiger partial charge in [-0.15, -0.1) is 0 Å². The van der Waals surface area contributed by atoms with Crippen molar-refractivity contribution in [1.82, 2.24) is 9.88 Å². The number of nitrogens with zero attached hydrogens (tertiary/aromatic N) is 3. The van der Waals surface area contributed by atoms with Crippen LogP contribution >= 0.6 is 11.8 Å². The molecule has 2 aromatic rings. The average molecular weight is 365 g/mol. The van der Waals surface area contributed by atoms with Crippen molar-refractivity contribution in [1.29, 1.82) is 0 Å². The second kappa shape index (κ2) is 6.21. The Kier molecular flexibility index (Phi) is 4.16. The molecule has 3 nitrogen and oxygen atoms in total. The first-order chi connectivity index (χ1) is 11.9. The Morgan fingerprint density at radius 3 is 2.32 bits per heavy atom. The number of rotatable bonds is 4. The zero-order chi connectivity index (χ0) is 17.5. The predicted octanol–water partition coefficient (Wildman–Crippen LogP) is 4.51. The molecule has 0 bridgehead atoms. The lowest BCUT2D eigenvalue weighted by Gasteiger charge is -2.22. The fourth-order valence-electron chi connectivity index (χ4n) is 3.44. The summed E-state index contributed by atoms with van der Waals surface area (Å²) in [4.78, 5) is 9.02. The SMILES string of the molecule is FC(F)(F)Sc1ccc(N2CN(Cc3ccncc3)C3(CC3)C2)cc1. The Morgan fingerprint density at radius 1 is 1.04 bits per heavy atom. The maximum Gasteiger partial charge on any atom is 0.446 e. The molecule has 2 aliphatic rings. The Labute approximate surface area is 148 Å². The highest BCUT2D eigenvalue weighted by Crippen LogP contribution is 2.48. The molecule has 1 saturated carbocycles. The van der Waals surface area contributed by atoms with Gasteiger partial charge < -0.3 is 4.90 Å². The van der Waals surface area contributed by atoms with Crippen LogP contribution in [0.2, 0.25) is 0 Å². The van der Waals surface area contributed by atoms with E-state index in [1.54, 1.807) is 36.7 Å². The van der Waals surface area contributed by atoms with Crippen LogP contribution in [0, 0.1) is 0 Å². The van der Waals surface area contributed by atoms with Gasteiger partial charge >= 0.3 is 5.51 Å². The molecule has 1 aliphatic heterocycles. The number of halogens is 3. The zero-order valence-corrected chi connectivity index (χ0v) is 14.4. The average Bonchev–Trinajstić information content (AvgIpc) is 3.25. The zero-order valence-electron chi connectivity index (χ0n) is 13.5. The maximum absolute atomic E-state index is 12.5. The van der Waals surface area contributed by atoms with Crippen molar-refractivity contribution in [3.05, 3.63) is 54.4 Å². The number of hydrogen-bond acceptors (Lipinski definition) is 4. The van der Waals surface area contributed by atoms with Gasteiger partial charge in [0.15, 0.2) is 0 Å². The third-order valence-corrected chi connectivity index (χ3v) is 5.62. The molecular weight excluding hydrogens is 347 g/mol. The Hall–Kier alpha value is -1.73. The normalized spacial score (nSPS) is 19.6. The van der Waals surface area contributed by atoms with E-state index in [9.17, 15) is 13.2 Å². The summed E-state index contributed by atoms with van der Waals surface area (Å²) >= 11 is -0.0684. The van der Waals surface area contributed by atoms with Gasteiger partial charge in [-0.2, -0.15) is 13.2 Å². The second-order valence-corrected chi connectivity index (χ2v) is 7.80. The van der Waals surface area contributed by atoms with Gasteiger partial charge in [-0.1, -0.05) is 0 Å². The molecule has 0 N–H and O–H groups in total. The highest BCUT2D eigenvalue weighted by Gasteiger charge is 2.53. The summed E-state index contributed by atoms with van der Waals surface area (Å²) < 4.78 is 37.4. The molecule has 1 spiro atoms. The van der Waals surface area contributed by atoms with Crippen LogP contribution in [-0.4, -0.2) is 34.1 Å². The van der Waals surface area contributed by atoms with E-state index in [0.717, 1.165) is 25.4 Å². The van der Waals surface area contributed by atoms with Crippen molar-refractivity contribution in [2.45, 2.75) is 35.3 Å². The first-order valence-electron chi connectivity index (χ1n) is 8.18. The molecule has 4 rings (SSSR count). The van der Waals surface area contributed by atoms with Gasteiger partial charge in [-0.3, -0.25) is 9.88 Å². The first-order valence-corrected chi connectivity index (χ1v) is 9.00. The third kappa shape index (κ3) is 3.77. The van der Waals surface area contributed by atoms with E-state index in [1.165, 1.54) is 18.4 Å². The van der Waals surface area contributed by atoms with Gasteiger partial charge in [0, 0.05) is 41.6 Å². The Morgan fingerprint density at radius 2 is 1.72 bits per heavy atom. The molecule has 1 aromatic carbocycles. The molecule has 1 aliphatic carbocycles. The van der Waals surface area contributed by atoms with Crippen molar-refractivity contribution >= 4 is 17.4 Å². The minimum Gasteiger partial charge on any atom is -0.357 e. The summed E-state index contributed by atoms with van der Waals surface area (Å²) in [5.74, 6) is 0. The van der Waals surface area contributed by atoms with Crippen LogP contribution in [0.15, 0.2) is 53.7 Å². The number of benzene rings is 1. The van der Waals surface area contributed by atoms with E-state index in [4.69, 9.17) is 0 Å². The van der Waals surface area contributed by atoms with E-state index < -0.39 is 5.51 Å². The van der Waals surface area contributed by atoms with Crippen LogP contribution in [0.3, 0.4) is 0 Å². The molecule has 132 valence electrons. The van der Waals surface area contributed by atoms with Crippen molar-refractivity contribution in [2.75, 3.05) is 18.1 Å². The minimum absolute atomic E-state index is 0.0684. The van der Waals surface area contributed by atoms with Crippen LogP contribution in [0.25, 0.3) is 0 Å². The molecule has 0 amide bonds. The van der Waals surface area contributed by atoms with Crippen LogP contribution in [0.1, 0.15) is 18.4 Å². The van der Waals surface area contributed by atoms with Crippen molar-refractivity contribution in [2.24, 2.45) is 0 Å². The summed E-state index contributed by atoms with van der Waals surface area (Å²) in [6.45, 7) is 2.61. The number of alkyl halides is 3. The standard InChI is InChI=1S/C18H18F3N3S/c19-18(20,21)25-16-3-1-15(2-4-16)23-12-17(7-8-17)24(13-23)11-14-5-9-22-10-6-14/h1-6,9-10H,7-8,11-13H2. The van der Waals surface area contributed by atoms with Gasteiger partial charge in [0.05, 0.1) is 6.67 Å². The smallest absolute Gasteiger partial charge is 0.357 e. The number of aromatic nitrogens is 1. The fraction of sp³-hybridized carbons (Fsp3) is 0.389. The van der Waals surface area contributed by atoms with Crippen LogP contribution < -0.4 is 4.90 Å². The topological polar surface area (TPSA) is 19.4 Å². The minimum atomic E-state index is -4.24. The molecular formula is C18H18F3N3S. The van der Waals surface area contributed by atoms with Gasteiger partial charge in [-0.05, 0) is 66.6 Å². The Bertz CT molecular complexity index is 729. The second-order valence-electron chi connectivity index (χ2n) is 6.66. The molecule has 0 unspecified atom stereocenters. The van der Waals surface area contributed by atoms with Crippen LogP contribution in [0.5, 0.6) is 0 Å². The van der Waals surface area contributed by atoms with E-state index >= 15 is 0 Å². The largest absolute Gasteiger partial charge is 0.446 e. The lowest BCUT2D eigenvalue weighted by atomic mass is 10.2. The Balaban J connectivity index is 1.45. The molecule has 7 heteroatoms. The predicted molar refractivity (Wildman–Crippen MR) is 92.3 cm³/mol. The van der Waals surface area contributed by atoms with E-state index in [1.807, 2.05) is 12.1 Å². The summed E-state index contributed by atoms with van der Waals surface area (Å²) in [5.41, 5.74) is -1.80.